The number of rotatable bonds is 4. The van der Waals surface area contributed by atoms with Gasteiger partial charge in [-0.1, -0.05) is 18.2 Å². The van der Waals surface area contributed by atoms with E-state index in [-0.39, 0.29) is 5.91 Å². The standard InChI is InChI=1S/C13H14ClNO2/c1-9(14)13(16)15-7-6-11-8-10-4-2-3-5-12(10)17-11/h2-5,8-9H,6-7H2,1H3,(H,15,16). The fourth-order valence-corrected chi connectivity index (χ4v) is 1.69. The van der Waals surface area contributed by atoms with Crippen molar-refractivity contribution in [2.75, 3.05) is 6.54 Å². The highest BCUT2D eigenvalue weighted by atomic mass is 35.5. The van der Waals surface area contributed by atoms with E-state index in [2.05, 4.69) is 5.32 Å². The first-order valence-corrected chi connectivity index (χ1v) is 5.99. The summed E-state index contributed by atoms with van der Waals surface area (Å²) in [6.45, 7) is 2.19. The van der Waals surface area contributed by atoms with Gasteiger partial charge in [-0.05, 0) is 19.1 Å². The zero-order chi connectivity index (χ0) is 12.3. The average Bonchev–Trinajstić information content (AvgIpc) is 2.71. The lowest BCUT2D eigenvalue weighted by Crippen LogP contribution is -2.31. The van der Waals surface area contributed by atoms with Crippen molar-refractivity contribution in [3.05, 3.63) is 36.1 Å². The number of carbonyl (C=O) groups excluding carboxylic acids is 1. The van der Waals surface area contributed by atoms with Crippen LogP contribution >= 0.6 is 11.6 Å². The summed E-state index contributed by atoms with van der Waals surface area (Å²) in [5.41, 5.74) is 0.875. The Balaban J connectivity index is 1.93. The van der Waals surface area contributed by atoms with Crippen molar-refractivity contribution in [1.29, 1.82) is 0 Å². The van der Waals surface area contributed by atoms with Crippen LogP contribution in [0.3, 0.4) is 0 Å². The topological polar surface area (TPSA) is 42.2 Å². The lowest BCUT2D eigenvalue weighted by atomic mass is 10.2. The Morgan fingerprint density at radius 1 is 1.47 bits per heavy atom. The Labute approximate surface area is 105 Å². The van der Waals surface area contributed by atoms with Crippen molar-refractivity contribution >= 4 is 28.5 Å². The van der Waals surface area contributed by atoms with Gasteiger partial charge in [0.1, 0.15) is 16.7 Å². The summed E-state index contributed by atoms with van der Waals surface area (Å²) < 4.78 is 5.63. The largest absolute Gasteiger partial charge is 0.461 e. The molecule has 0 spiro atoms. The Hall–Kier alpha value is -1.48. The van der Waals surface area contributed by atoms with Crippen LogP contribution in [0.4, 0.5) is 0 Å². The van der Waals surface area contributed by atoms with E-state index in [9.17, 15) is 4.79 Å². The molecule has 1 amide bonds. The third-order valence-corrected chi connectivity index (χ3v) is 2.71. The number of fused-ring (bicyclic) bond motifs is 1. The maximum Gasteiger partial charge on any atom is 0.237 e. The normalized spacial score (nSPS) is 12.6. The highest BCUT2D eigenvalue weighted by molar-refractivity contribution is 6.30. The minimum atomic E-state index is -0.495. The van der Waals surface area contributed by atoms with Crippen LogP contribution in [0.15, 0.2) is 34.7 Å². The molecule has 0 saturated heterocycles. The second-order valence-corrected chi connectivity index (χ2v) is 4.56. The first-order valence-electron chi connectivity index (χ1n) is 5.56. The second-order valence-electron chi connectivity index (χ2n) is 3.91. The van der Waals surface area contributed by atoms with Crippen LogP contribution < -0.4 is 5.32 Å². The zero-order valence-electron chi connectivity index (χ0n) is 9.57. The Morgan fingerprint density at radius 3 is 2.94 bits per heavy atom. The first-order chi connectivity index (χ1) is 8.16. The molecule has 0 saturated carbocycles. The van der Waals surface area contributed by atoms with Gasteiger partial charge in [-0.25, -0.2) is 0 Å². The number of nitrogens with one attached hydrogen (secondary N) is 1. The van der Waals surface area contributed by atoms with Crippen molar-refractivity contribution < 1.29 is 9.21 Å². The molecule has 4 heteroatoms. The van der Waals surface area contributed by atoms with Crippen LogP contribution in [-0.4, -0.2) is 17.8 Å². The number of halogens is 1. The summed E-state index contributed by atoms with van der Waals surface area (Å²) in [7, 11) is 0. The maximum atomic E-state index is 11.2. The molecule has 1 heterocycles. The Morgan fingerprint density at radius 2 is 2.24 bits per heavy atom. The van der Waals surface area contributed by atoms with E-state index < -0.39 is 5.38 Å². The van der Waals surface area contributed by atoms with E-state index in [0.717, 1.165) is 16.7 Å². The molecule has 3 nitrogen and oxygen atoms in total. The minimum absolute atomic E-state index is 0.150. The summed E-state index contributed by atoms with van der Waals surface area (Å²) in [5.74, 6) is 0.719. The van der Waals surface area contributed by atoms with Crippen LogP contribution in [0.2, 0.25) is 0 Å². The molecule has 0 radical (unpaired) electrons. The van der Waals surface area contributed by atoms with E-state index in [1.807, 2.05) is 30.3 Å². The number of para-hydroxylation sites is 1. The van der Waals surface area contributed by atoms with Crippen LogP contribution in [0.1, 0.15) is 12.7 Å². The van der Waals surface area contributed by atoms with E-state index in [1.165, 1.54) is 0 Å². The van der Waals surface area contributed by atoms with E-state index in [0.29, 0.717) is 13.0 Å². The van der Waals surface area contributed by atoms with Crippen molar-refractivity contribution in [1.82, 2.24) is 5.32 Å². The van der Waals surface area contributed by atoms with Crippen molar-refractivity contribution in [3.8, 4) is 0 Å². The summed E-state index contributed by atoms with van der Waals surface area (Å²) in [6, 6.07) is 9.83. The predicted octanol–water partition coefficient (Wildman–Crippen LogP) is 2.72. The molecule has 0 fully saturated rings. The van der Waals surface area contributed by atoms with Gasteiger partial charge in [0, 0.05) is 18.4 Å². The molecule has 0 aliphatic heterocycles. The number of furan rings is 1. The molecule has 1 unspecified atom stereocenters. The van der Waals surface area contributed by atoms with Gasteiger partial charge >= 0.3 is 0 Å². The monoisotopic (exact) mass is 251 g/mol. The van der Waals surface area contributed by atoms with Gasteiger partial charge < -0.3 is 9.73 Å². The number of carbonyl (C=O) groups is 1. The summed E-state index contributed by atoms with van der Waals surface area (Å²) in [5, 5.41) is 3.33. The van der Waals surface area contributed by atoms with Gasteiger partial charge in [0.15, 0.2) is 0 Å². The molecule has 0 bridgehead atoms. The van der Waals surface area contributed by atoms with Crippen LogP contribution in [0.5, 0.6) is 0 Å². The highest BCUT2D eigenvalue weighted by Crippen LogP contribution is 2.18. The fourth-order valence-electron chi connectivity index (χ4n) is 1.61. The number of benzene rings is 1. The number of hydrogen-bond acceptors (Lipinski definition) is 2. The lowest BCUT2D eigenvalue weighted by Gasteiger charge is -2.04. The number of hydrogen-bond donors (Lipinski definition) is 1. The van der Waals surface area contributed by atoms with Gasteiger partial charge in [0.05, 0.1) is 0 Å². The molecular formula is C13H14ClNO2. The smallest absolute Gasteiger partial charge is 0.237 e. The molecule has 17 heavy (non-hydrogen) atoms. The van der Waals surface area contributed by atoms with Crippen LogP contribution in [-0.2, 0) is 11.2 Å². The van der Waals surface area contributed by atoms with Gasteiger partial charge in [-0.15, -0.1) is 11.6 Å². The SMILES string of the molecule is CC(Cl)C(=O)NCCc1cc2ccccc2o1. The summed E-state index contributed by atoms with van der Waals surface area (Å²) in [4.78, 5) is 11.2. The van der Waals surface area contributed by atoms with Gasteiger partial charge in [-0.3, -0.25) is 4.79 Å². The van der Waals surface area contributed by atoms with Crippen molar-refractivity contribution in [3.63, 3.8) is 0 Å². The third kappa shape index (κ3) is 3.01. The molecule has 0 aliphatic carbocycles. The van der Waals surface area contributed by atoms with Crippen LogP contribution in [0.25, 0.3) is 11.0 Å². The van der Waals surface area contributed by atoms with E-state index in [1.54, 1.807) is 6.92 Å². The van der Waals surface area contributed by atoms with Crippen molar-refractivity contribution in [2.45, 2.75) is 18.7 Å². The molecule has 2 aromatic rings. The Bertz CT molecular complexity index is 486. The molecule has 90 valence electrons. The molecule has 0 aliphatic rings. The Kier molecular flexibility index (Phi) is 3.69. The average molecular weight is 252 g/mol. The molecule has 1 aromatic heterocycles. The number of amides is 1. The van der Waals surface area contributed by atoms with E-state index in [4.69, 9.17) is 16.0 Å². The molecule has 2 rings (SSSR count). The van der Waals surface area contributed by atoms with Crippen molar-refractivity contribution in [2.24, 2.45) is 0 Å². The molecular weight excluding hydrogens is 238 g/mol. The maximum absolute atomic E-state index is 11.2. The summed E-state index contributed by atoms with van der Waals surface area (Å²) in [6.07, 6.45) is 0.671. The van der Waals surface area contributed by atoms with Gasteiger partial charge in [0.25, 0.3) is 0 Å². The first kappa shape index (κ1) is 12.0. The third-order valence-electron chi connectivity index (χ3n) is 2.51. The summed E-state index contributed by atoms with van der Waals surface area (Å²) >= 11 is 5.64. The van der Waals surface area contributed by atoms with Crippen LogP contribution in [0, 0.1) is 0 Å². The highest BCUT2D eigenvalue weighted by Gasteiger charge is 2.08. The molecule has 1 N–H and O–H groups in total. The second kappa shape index (κ2) is 5.23. The van der Waals surface area contributed by atoms with Gasteiger partial charge in [-0.2, -0.15) is 0 Å². The number of alkyl halides is 1. The predicted molar refractivity (Wildman–Crippen MR) is 68.2 cm³/mol. The van der Waals surface area contributed by atoms with E-state index >= 15 is 0 Å². The molecule has 1 atom stereocenters. The lowest BCUT2D eigenvalue weighted by molar-refractivity contribution is -0.120. The quantitative estimate of drug-likeness (QED) is 0.849. The molecule has 1 aromatic carbocycles. The zero-order valence-corrected chi connectivity index (χ0v) is 10.3. The minimum Gasteiger partial charge on any atom is -0.461 e. The fraction of sp³-hybridized carbons (Fsp3) is 0.308. The van der Waals surface area contributed by atoms with Gasteiger partial charge in [0.2, 0.25) is 5.91 Å².